The molecular weight excluding hydrogens is 234 g/mol. The second-order valence-corrected chi connectivity index (χ2v) is 11.2. The van der Waals surface area contributed by atoms with Crippen molar-refractivity contribution in [3.8, 4) is 0 Å². The number of rotatable bonds is 4. The van der Waals surface area contributed by atoms with Gasteiger partial charge in [0.15, 0.2) is 8.32 Å². The van der Waals surface area contributed by atoms with Crippen molar-refractivity contribution in [2.45, 2.75) is 58.0 Å². The first-order valence-electron chi connectivity index (χ1n) is 6.19. The second-order valence-electron chi connectivity index (χ2n) is 6.41. The number of hydrogen-bond acceptors (Lipinski definition) is 3. The Bertz CT molecular complexity index is 299. The molecule has 1 saturated heterocycles. The Balaban J connectivity index is 2.66. The first kappa shape index (κ1) is 14.7. The van der Waals surface area contributed by atoms with E-state index < -0.39 is 8.32 Å². The number of amides is 1. The summed E-state index contributed by atoms with van der Waals surface area (Å²) in [4.78, 5) is 11.5. The summed E-state index contributed by atoms with van der Waals surface area (Å²) in [5.41, 5.74) is 0. The Morgan fingerprint density at radius 3 is 2.35 bits per heavy atom. The molecule has 0 aliphatic carbocycles. The fourth-order valence-corrected chi connectivity index (χ4v) is 3.30. The minimum Gasteiger partial charge on any atom is -0.413 e. The van der Waals surface area contributed by atoms with Gasteiger partial charge in [0.05, 0.1) is 24.7 Å². The molecule has 0 radical (unpaired) electrons. The van der Waals surface area contributed by atoms with Crippen LogP contribution >= 0.6 is 0 Å². The highest BCUT2D eigenvalue weighted by Gasteiger charge is 2.47. The Kier molecular flexibility index (Phi) is 4.06. The molecule has 1 rings (SSSR count). The number of aliphatic hydroxyl groups excluding tert-OH is 1. The van der Waals surface area contributed by atoms with Crippen LogP contribution in [0.4, 0.5) is 0 Å². The Labute approximate surface area is 105 Å². The number of β-lactam (4-membered cyclic amide) rings is 1. The summed E-state index contributed by atoms with van der Waals surface area (Å²) < 4.78 is 6.18. The molecule has 1 heterocycles. The minimum absolute atomic E-state index is 0.00439. The fraction of sp³-hybridized carbons (Fsp3) is 0.917. The molecule has 1 fully saturated rings. The molecule has 0 unspecified atom stereocenters. The predicted molar refractivity (Wildman–Crippen MR) is 70.3 cm³/mol. The van der Waals surface area contributed by atoms with E-state index >= 15 is 0 Å². The zero-order valence-corrected chi connectivity index (χ0v) is 12.7. The van der Waals surface area contributed by atoms with Gasteiger partial charge in [-0.2, -0.15) is 0 Å². The molecule has 0 spiro atoms. The van der Waals surface area contributed by atoms with Gasteiger partial charge in [-0.05, 0) is 25.1 Å². The lowest BCUT2D eigenvalue weighted by Crippen LogP contribution is -2.65. The maximum absolute atomic E-state index is 11.5. The van der Waals surface area contributed by atoms with Gasteiger partial charge >= 0.3 is 0 Å². The topological polar surface area (TPSA) is 58.6 Å². The van der Waals surface area contributed by atoms with E-state index in [1.807, 2.05) is 6.92 Å². The molecule has 5 heteroatoms. The molecule has 17 heavy (non-hydrogen) atoms. The molecule has 1 aliphatic heterocycles. The van der Waals surface area contributed by atoms with Gasteiger partial charge in [0.2, 0.25) is 5.91 Å². The lowest BCUT2D eigenvalue weighted by molar-refractivity contribution is -0.141. The summed E-state index contributed by atoms with van der Waals surface area (Å²) in [6, 6.07) is -0.137. The molecule has 4 nitrogen and oxygen atoms in total. The summed E-state index contributed by atoms with van der Waals surface area (Å²) in [7, 11) is -1.85. The monoisotopic (exact) mass is 259 g/mol. The lowest BCUT2D eigenvalue weighted by atomic mass is 9.87. The second kappa shape index (κ2) is 4.70. The van der Waals surface area contributed by atoms with Crippen molar-refractivity contribution in [1.29, 1.82) is 0 Å². The highest BCUT2D eigenvalue weighted by Crippen LogP contribution is 2.38. The predicted octanol–water partition coefficient (Wildman–Crippen LogP) is 1.50. The molecule has 0 bridgehead atoms. The van der Waals surface area contributed by atoms with Crippen molar-refractivity contribution in [1.82, 2.24) is 5.32 Å². The van der Waals surface area contributed by atoms with Crippen molar-refractivity contribution in [2.75, 3.05) is 6.61 Å². The third-order valence-corrected chi connectivity index (χ3v) is 8.63. The lowest BCUT2D eigenvalue weighted by Gasteiger charge is -2.44. The average molecular weight is 259 g/mol. The van der Waals surface area contributed by atoms with Crippen LogP contribution in [0.25, 0.3) is 0 Å². The summed E-state index contributed by atoms with van der Waals surface area (Å²) in [6.07, 6.45) is -0.123. The Morgan fingerprint density at radius 2 is 2.00 bits per heavy atom. The molecule has 0 aromatic carbocycles. The molecule has 0 aromatic heterocycles. The average Bonchev–Trinajstić information content (AvgIpc) is 2.10. The smallest absolute Gasteiger partial charge is 0.228 e. The van der Waals surface area contributed by atoms with Gasteiger partial charge in [-0.15, -0.1) is 0 Å². The normalized spacial score (nSPS) is 27.4. The third kappa shape index (κ3) is 2.89. The van der Waals surface area contributed by atoms with Crippen molar-refractivity contribution in [2.24, 2.45) is 5.92 Å². The van der Waals surface area contributed by atoms with E-state index in [9.17, 15) is 4.79 Å². The standard InChI is InChI=1S/C12H25NO3Si/c1-8(10-9(7-14)13-11(10)15)16-17(5,6)12(2,3)4/h8-10,14H,7H2,1-6H3,(H,13,15)/t8-,9+,10+/m0/s1. The van der Waals surface area contributed by atoms with Gasteiger partial charge in [0, 0.05) is 0 Å². The molecule has 1 aliphatic rings. The van der Waals surface area contributed by atoms with E-state index in [4.69, 9.17) is 9.53 Å². The number of nitrogens with one attached hydrogen (secondary N) is 1. The van der Waals surface area contributed by atoms with Crippen LogP contribution in [0.5, 0.6) is 0 Å². The highest BCUT2D eigenvalue weighted by atomic mass is 28.4. The van der Waals surface area contributed by atoms with Crippen LogP contribution in [0.3, 0.4) is 0 Å². The van der Waals surface area contributed by atoms with Crippen molar-refractivity contribution < 1.29 is 14.3 Å². The van der Waals surface area contributed by atoms with Crippen LogP contribution in [0.15, 0.2) is 0 Å². The van der Waals surface area contributed by atoms with Crippen LogP contribution in [-0.2, 0) is 9.22 Å². The van der Waals surface area contributed by atoms with Gasteiger partial charge < -0.3 is 14.8 Å². The zero-order chi connectivity index (χ0) is 13.4. The van der Waals surface area contributed by atoms with E-state index in [1.165, 1.54) is 0 Å². The molecule has 1 amide bonds. The first-order valence-corrected chi connectivity index (χ1v) is 9.10. The number of carbonyl (C=O) groups excluding carboxylic acids is 1. The van der Waals surface area contributed by atoms with E-state index in [1.54, 1.807) is 0 Å². The summed E-state index contributed by atoms with van der Waals surface area (Å²) in [6.45, 7) is 12.8. The van der Waals surface area contributed by atoms with Gasteiger partial charge in [-0.1, -0.05) is 20.8 Å². The maximum Gasteiger partial charge on any atom is 0.228 e. The molecule has 2 N–H and O–H groups in total. The quantitative estimate of drug-likeness (QED) is 0.594. The summed E-state index contributed by atoms with van der Waals surface area (Å²) >= 11 is 0. The third-order valence-electron chi connectivity index (χ3n) is 4.05. The SMILES string of the molecule is C[C@H](O[Si](C)(C)C(C)(C)C)[C@H]1C(=O)N[C@@H]1CO. The van der Waals surface area contributed by atoms with E-state index in [0.717, 1.165) is 0 Å². The molecule has 0 saturated carbocycles. The first-order chi connectivity index (χ1) is 7.60. The molecule has 3 atom stereocenters. The highest BCUT2D eigenvalue weighted by molar-refractivity contribution is 6.74. The Morgan fingerprint density at radius 1 is 1.47 bits per heavy atom. The van der Waals surface area contributed by atoms with Gasteiger partial charge in [-0.3, -0.25) is 4.79 Å². The number of carbonyl (C=O) groups is 1. The fourth-order valence-electron chi connectivity index (χ4n) is 1.87. The van der Waals surface area contributed by atoms with E-state index in [-0.39, 0.29) is 35.6 Å². The number of aliphatic hydroxyl groups is 1. The van der Waals surface area contributed by atoms with Gasteiger partial charge in [0.1, 0.15) is 0 Å². The van der Waals surface area contributed by atoms with E-state index in [0.29, 0.717) is 0 Å². The summed E-state index contributed by atoms with van der Waals surface area (Å²) in [5.74, 6) is -0.204. The Hall–Kier alpha value is -0.393. The molecule has 0 aromatic rings. The van der Waals surface area contributed by atoms with Crippen LogP contribution in [0.2, 0.25) is 18.1 Å². The van der Waals surface area contributed by atoms with Gasteiger partial charge in [-0.25, -0.2) is 0 Å². The summed E-state index contributed by atoms with van der Waals surface area (Å²) in [5, 5.41) is 12.0. The zero-order valence-electron chi connectivity index (χ0n) is 11.7. The van der Waals surface area contributed by atoms with Crippen molar-refractivity contribution >= 4 is 14.2 Å². The molecular formula is C12H25NO3Si. The minimum atomic E-state index is -1.85. The van der Waals surface area contributed by atoms with Crippen LogP contribution in [0, 0.1) is 5.92 Å². The van der Waals surface area contributed by atoms with Crippen LogP contribution < -0.4 is 5.32 Å². The largest absolute Gasteiger partial charge is 0.413 e. The maximum atomic E-state index is 11.5. The van der Waals surface area contributed by atoms with Crippen LogP contribution in [0.1, 0.15) is 27.7 Å². The van der Waals surface area contributed by atoms with Crippen molar-refractivity contribution in [3.05, 3.63) is 0 Å². The number of hydrogen-bond donors (Lipinski definition) is 2. The van der Waals surface area contributed by atoms with Crippen LogP contribution in [-0.4, -0.2) is 38.1 Å². The molecule has 100 valence electrons. The van der Waals surface area contributed by atoms with E-state index in [2.05, 4.69) is 39.2 Å². The van der Waals surface area contributed by atoms with Crippen molar-refractivity contribution in [3.63, 3.8) is 0 Å². The van der Waals surface area contributed by atoms with Gasteiger partial charge in [0.25, 0.3) is 0 Å².